The first kappa shape index (κ1) is 24.0. The molecule has 1 N–H and O–H groups in total. The normalized spacial score (nSPS) is 12.2. The first-order valence-electron chi connectivity index (χ1n) is 9.58. The summed E-state index contributed by atoms with van der Waals surface area (Å²) in [5.41, 5.74) is 2.03. The van der Waals surface area contributed by atoms with E-state index in [0.717, 1.165) is 16.5 Å². The predicted molar refractivity (Wildman–Crippen MR) is 121 cm³/mol. The average Bonchev–Trinajstić information content (AvgIpc) is 2.58. The third kappa shape index (κ3) is 7.47. The number of hydrogen-bond acceptors (Lipinski definition) is 3. The summed E-state index contributed by atoms with van der Waals surface area (Å²) < 4.78 is 25.6. The Labute approximate surface area is 187 Å². The van der Waals surface area contributed by atoms with E-state index in [0.29, 0.717) is 28.6 Å². The van der Waals surface area contributed by atoms with Crippen molar-refractivity contribution in [2.45, 2.75) is 59.7 Å². The summed E-state index contributed by atoms with van der Waals surface area (Å²) in [4.78, 5) is 0. The van der Waals surface area contributed by atoms with Crippen LogP contribution in [0.15, 0.2) is 34.8 Å². The highest BCUT2D eigenvalue weighted by Crippen LogP contribution is 2.35. The van der Waals surface area contributed by atoms with Crippen molar-refractivity contribution in [3.8, 4) is 11.5 Å². The lowest BCUT2D eigenvalue weighted by molar-refractivity contribution is 0.240. The zero-order chi connectivity index (χ0) is 21.8. The van der Waals surface area contributed by atoms with Gasteiger partial charge in [0.25, 0.3) is 0 Å². The van der Waals surface area contributed by atoms with E-state index in [2.05, 4.69) is 55.9 Å². The molecule has 0 aliphatic rings. The highest BCUT2D eigenvalue weighted by Gasteiger charge is 2.25. The van der Waals surface area contributed by atoms with E-state index in [1.807, 2.05) is 12.1 Å². The summed E-state index contributed by atoms with van der Waals surface area (Å²) in [6.07, 6.45) is 1.05. The molecule has 29 heavy (non-hydrogen) atoms. The van der Waals surface area contributed by atoms with Gasteiger partial charge < -0.3 is 14.8 Å². The summed E-state index contributed by atoms with van der Waals surface area (Å²) in [7, 11) is 1.61. The Kier molecular flexibility index (Phi) is 8.00. The molecule has 0 aliphatic heterocycles. The van der Waals surface area contributed by atoms with Crippen LogP contribution in [0.3, 0.4) is 0 Å². The number of nitrogens with one attached hydrogen (secondary N) is 1. The van der Waals surface area contributed by atoms with Crippen molar-refractivity contribution in [3.05, 3.63) is 56.8 Å². The zero-order valence-corrected chi connectivity index (χ0v) is 20.3. The van der Waals surface area contributed by atoms with Crippen LogP contribution in [0.1, 0.15) is 52.2 Å². The number of methoxy groups -OCH3 is 1. The van der Waals surface area contributed by atoms with Crippen molar-refractivity contribution in [3.63, 3.8) is 0 Å². The lowest BCUT2D eigenvalue weighted by Gasteiger charge is -2.33. The Morgan fingerprint density at radius 1 is 1.03 bits per heavy atom. The molecule has 2 aromatic carbocycles. The van der Waals surface area contributed by atoms with Gasteiger partial charge in [-0.1, -0.05) is 54.4 Å². The van der Waals surface area contributed by atoms with Crippen LogP contribution in [0.25, 0.3) is 0 Å². The first-order chi connectivity index (χ1) is 13.4. The first-order valence-corrected chi connectivity index (χ1v) is 10.8. The van der Waals surface area contributed by atoms with E-state index in [9.17, 15) is 4.39 Å². The molecule has 0 radical (unpaired) electrons. The van der Waals surface area contributed by atoms with Gasteiger partial charge in [0.15, 0.2) is 11.5 Å². The van der Waals surface area contributed by atoms with Gasteiger partial charge >= 0.3 is 0 Å². The summed E-state index contributed by atoms with van der Waals surface area (Å²) in [5.74, 6) is 0.861. The molecule has 0 aromatic heterocycles. The maximum atomic E-state index is 13.2. The van der Waals surface area contributed by atoms with Gasteiger partial charge in [0.05, 0.1) is 12.1 Å². The predicted octanol–water partition coefficient (Wildman–Crippen LogP) is 7.13. The van der Waals surface area contributed by atoms with Crippen LogP contribution < -0.4 is 14.8 Å². The molecule has 0 saturated carbocycles. The number of ether oxygens (including phenoxy) is 2. The fourth-order valence-corrected chi connectivity index (χ4v) is 4.19. The molecule has 2 rings (SSSR count). The Hall–Kier alpha value is -1.30. The highest BCUT2D eigenvalue weighted by molar-refractivity contribution is 9.10. The molecule has 3 nitrogen and oxygen atoms in total. The van der Waals surface area contributed by atoms with E-state index >= 15 is 0 Å². The maximum absolute atomic E-state index is 13.2. The largest absolute Gasteiger partial charge is 0.493 e. The average molecular weight is 487 g/mol. The molecule has 0 unspecified atom stereocenters. The minimum absolute atomic E-state index is 0.000567. The fraction of sp³-hybridized carbons (Fsp3) is 0.478. The van der Waals surface area contributed by atoms with E-state index in [1.165, 1.54) is 12.1 Å². The molecule has 2 aromatic rings. The Balaban J connectivity index is 2.12. The monoisotopic (exact) mass is 485 g/mol. The SMILES string of the molecule is COc1cc(CNC(C)(C)CC(C)(C)C)c(Br)cc1OCc1ccc(F)cc1Cl. The van der Waals surface area contributed by atoms with Gasteiger partial charge in [0.1, 0.15) is 12.4 Å². The molecule has 160 valence electrons. The van der Waals surface area contributed by atoms with Gasteiger partial charge in [-0.15, -0.1) is 0 Å². The van der Waals surface area contributed by atoms with Crippen LogP contribution in [-0.4, -0.2) is 12.6 Å². The van der Waals surface area contributed by atoms with Gasteiger partial charge in [-0.2, -0.15) is 0 Å². The minimum atomic E-state index is -0.370. The van der Waals surface area contributed by atoms with Gasteiger partial charge in [-0.05, 0) is 55.5 Å². The third-order valence-corrected chi connectivity index (χ3v) is 5.55. The molecule has 0 saturated heterocycles. The highest BCUT2D eigenvalue weighted by atomic mass is 79.9. The van der Waals surface area contributed by atoms with Gasteiger partial charge in [-0.25, -0.2) is 4.39 Å². The fourth-order valence-electron chi connectivity index (χ4n) is 3.50. The van der Waals surface area contributed by atoms with E-state index in [-0.39, 0.29) is 23.4 Å². The molecule has 6 heteroatoms. The molecular formula is C23H30BrClFNO2. The van der Waals surface area contributed by atoms with Crippen molar-refractivity contribution in [2.75, 3.05) is 7.11 Å². The molecular weight excluding hydrogens is 457 g/mol. The van der Waals surface area contributed by atoms with Crippen molar-refractivity contribution >= 4 is 27.5 Å². The summed E-state index contributed by atoms with van der Waals surface area (Å²) in [6.45, 7) is 12.1. The lowest BCUT2D eigenvalue weighted by Crippen LogP contribution is -2.41. The van der Waals surface area contributed by atoms with Gasteiger partial charge in [-0.3, -0.25) is 0 Å². The minimum Gasteiger partial charge on any atom is -0.493 e. The van der Waals surface area contributed by atoms with E-state index < -0.39 is 0 Å². The van der Waals surface area contributed by atoms with Crippen LogP contribution in [0, 0.1) is 11.2 Å². The Bertz CT molecular complexity index is 850. The number of hydrogen-bond donors (Lipinski definition) is 1. The van der Waals surface area contributed by atoms with E-state index in [1.54, 1.807) is 13.2 Å². The van der Waals surface area contributed by atoms with Crippen LogP contribution in [0.4, 0.5) is 4.39 Å². The van der Waals surface area contributed by atoms with Gasteiger partial charge in [0, 0.05) is 22.1 Å². The van der Waals surface area contributed by atoms with Crippen molar-refractivity contribution in [1.82, 2.24) is 5.32 Å². The van der Waals surface area contributed by atoms with Crippen LogP contribution in [0.2, 0.25) is 5.02 Å². The topological polar surface area (TPSA) is 30.5 Å². The lowest BCUT2D eigenvalue weighted by atomic mass is 9.82. The molecule has 0 heterocycles. The quantitative estimate of drug-likeness (QED) is 0.430. The van der Waals surface area contributed by atoms with Crippen molar-refractivity contribution in [2.24, 2.45) is 5.41 Å². The standard InChI is InChI=1S/C23H30BrClFNO2/c1-22(2,3)14-23(4,5)27-12-16-9-20(28-6)21(11-18(16)24)29-13-15-7-8-17(26)10-19(15)25/h7-11,27H,12-14H2,1-6H3. The molecule has 0 bridgehead atoms. The van der Waals surface area contributed by atoms with Crippen molar-refractivity contribution in [1.29, 1.82) is 0 Å². The van der Waals surface area contributed by atoms with Crippen LogP contribution in [-0.2, 0) is 13.2 Å². The molecule has 0 amide bonds. The van der Waals surface area contributed by atoms with E-state index in [4.69, 9.17) is 21.1 Å². The Morgan fingerprint density at radius 2 is 1.72 bits per heavy atom. The molecule has 0 aliphatic carbocycles. The number of halogens is 3. The van der Waals surface area contributed by atoms with Crippen LogP contribution in [0.5, 0.6) is 11.5 Å². The number of rotatable bonds is 8. The Morgan fingerprint density at radius 3 is 2.31 bits per heavy atom. The number of benzene rings is 2. The second kappa shape index (κ2) is 9.67. The second-order valence-corrected chi connectivity index (χ2v) is 10.4. The van der Waals surface area contributed by atoms with Crippen LogP contribution >= 0.6 is 27.5 Å². The third-order valence-electron chi connectivity index (χ3n) is 4.46. The molecule has 0 fully saturated rings. The summed E-state index contributed by atoms with van der Waals surface area (Å²) >= 11 is 9.73. The summed E-state index contributed by atoms with van der Waals surface area (Å²) in [6, 6.07) is 8.12. The van der Waals surface area contributed by atoms with Crippen molar-refractivity contribution < 1.29 is 13.9 Å². The smallest absolute Gasteiger partial charge is 0.162 e. The summed E-state index contributed by atoms with van der Waals surface area (Å²) in [5, 5.41) is 3.97. The maximum Gasteiger partial charge on any atom is 0.162 e. The second-order valence-electron chi connectivity index (χ2n) is 9.09. The zero-order valence-electron chi connectivity index (χ0n) is 18.0. The van der Waals surface area contributed by atoms with Gasteiger partial charge in [0.2, 0.25) is 0 Å². The molecule has 0 spiro atoms. The molecule has 0 atom stereocenters.